The number of anilines is 1. The molecule has 2 fully saturated rings. The van der Waals surface area contributed by atoms with E-state index in [1.165, 1.54) is 28.0 Å². The number of nitrogens with zero attached hydrogens (tertiary/aromatic N) is 2. The van der Waals surface area contributed by atoms with Gasteiger partial charge < -0.3 is 10.1 Å². The van der Waals surface area contributed by atoms with Crippen LogP contribution in [0, 0.1) is 12.7 Å². The molecule has 1 saturated carbocycles. The molecule has 0 bridgehead atoms. The van der Waals surface area contributed by atoms with E-state index in [0.717, 1.165) is 50.5 Å². The van der Waals surface area contributed by atoms with Gasteiger partial charge in [-0.05, 0) is 89.1 Å². The number of likely N-dealkylation sites (tertiary alicyclic amines) is 1. The summed E-state index contributed by atoms with van der Waals surface area (Å²) in [6.45, 7) is 7.63. The third-order valence-electron chi connectivity index (χ3n) is 7.68. The maximum atomic E-state index is 14.6. The molecule has 2 aromatic carbocycles. The quantitative estimate of drug-likeness (QED) is 0.448. The standard InChI is InChI=1S/C32H42FN3O4/c1-22-13-8-9-18-26(22)28(29(37)34-24-15-6-5-7-16-24)36(25-17-12-14-23(33)21-25)30(38)27-19-10-11-20-35(27)31(39)40-32(2,3)4/h8-9,12-14,17-18,21,24,27-28H,5-7,10-11,15-16,19-20H2,1-4H3,(H,34,37)/t27-,28-/m1/s1. The molecule has 216 valence electrons. The summed E-state index contributed by atoms with van der Waals surface area (Å²) in [5.41, 5.74) is 1.04. The molecule has 40 heavy (non-hydrogen) atoms. The lowest BCUT2D eigenvalue weighted by Crippen LogP contribution is -2.57. The number of ether oxygens (including phenoxy) is 1. The van der Waals surface area contributed by atoms with Crippen LogP contribution in [0.2, 0.25) is 0 Å². The first-order valence-corrected chi connectivity index (χ1v) is 14.5. The molecule has 2 aromatic rings. The number of halogens is 1. The molecule has 4 rings (SSSR count). The predicted molar refractivity (Wildman–Crippen MR) is 153 cm³/mol. The lowest BCUT2D eigenvalue weighted by atomic mass is 9.93. The highest BCUT2D eigenvalue weighted by molar-refractivity contribution is 6.04. The Kier molecular flexibility index (Phi) is 9.48. The number of hydrogen-bond donors (Lipinski definition) is 1. The van der Waals surface area contributed by atoms with Gasteiger partial charge in [-0.1, -0.05) is 49.6 Å². The first kappa shape index (κ1) is 29.6. The molecule has 0 unspecified atom stereocenters. The fourth-order valence-electron chi connectivity index (χ4n) is 5.74. The van der Waals surface area contributed by atoms with Crippen molar-refractivity contribution in [2.45, 2.75) is 103 Å². The normalized spacial score (nSPS) is 19.0. The molecule has 1 N–H and O–H groups in total. The topological polar surface area (TPSA) is 79.0 Å². The molecule has 2 aliphatic rings. The average molecular weight is 552 g/mol. The highest BCUT2D eigenvalue weighted by atomic mass is 19.1. The number of benzene rings is 2. The molecule has 1 saturated heterocycles. The summed E-state index contributed by atoms with van der Waals surface area (Å²) in [7, 11) is 0. The number of carbonyl (C=O) groups excluding carboxylic acids is 3. The summed E-state index contributed by atoms with van der Waals surface area (Å²) in [5, 5.41) is 3.20. The van der Waals surface area contributed by atoms with E-state index in [9.17, 15) is 18.8 Å². The Morgan fingerprint density at radius 3 is 2.35 bits per heavy atom. The van der Waals surface area contributed by atoms with E-state index in [-0.39, 0.29) is 17.6 Å². The highest BCUT2D eigenvalue weighted by Gasteiger charge is 2.42. The largest absolute Gasteiger partial charge is 0.444 e. The lowest BCUT2D eigenvalue weighted by Gasteiger charge is -2.41. The predicted octanol–water partition coefficient (Wildman–Crippen LogP) is 6.45. The Balaban J connectivity index is 1.79. The minimum absolute atomic E-state index is 0.0187. The molecule has 7 nitrogen and oxygen atoms in total. The van der Waals surface area contributed by atoms with Crippen LogP contribution in [0.25, 0.3) is 0 Å². The second kappa shape index (κ2) is 12.8. The van der Waals surface area contributed by atoms with Crippen molar-refractivity contribution in [2.24, 2.45) is 0 Å². The van der Waals surface area contributed by atoms with Gasteiger partial charge in [-0.15, -0.1) is 0 Å². The molecule has 0 aromatic heterocycles. The van der Waals surface area contributed by atoms with E-state index >= 15 is 0 Å². The maximum absolute atomic E-state index is 14.6. The maximum Gasteiger partial charge on any atom is 0.410 e. The number of aryl methyl sites for hydroxylation is 1. The van der Waals surface area contributed by atoms with Gasteiger partial charge in [0.2, 0.25) is 5.91 Å². The minimum Gasteiger partial charge on any atom is -0.444 e. The molecule has 2 atom stereocenters. The fourth-order valence-corrected chi connectivity index (χ4v) is 5.74. The van der Waals surface area contributed by atoms with Crippen molar-refractivity contribution in [1.29, 1.82) is 0 Å². The summed E-state index contributed by atoms with van der Waals surface area (Å²) in [4.78, 5) is 44.8. The van der Waals surface area contributed by atoms with Crippen molar-refractivity contribution in [3.63, 3.8) is 0 Å². The summed E-state index contributed by atoms with van der Waals surface area (Å²) in [6, 6.07) is 11.4. The van der Waals surface area contributed by atoms with Crippen LogP contribution in [-0.2, 0) is 14.3 Å². The molecule has 8 heteroatoms. The van der Waals surface area contributed by atoms with E-state index < -0.39 is 35.5 Å². The van der Waals surface area contributed by atoms with Gasteiger partial charge in [-0.25, -0.2) is 9.18 Å². The van der Waals surface area contributed by atoms with Crippen molar-refractivity contribution in [3.8, 4) is 0 Å². The van der Waals surface area contributed by atoms with Crippen molar-refractivity contribution >= 4 is 23.6 Å². The van der Waals surface area contributed by atoms with Gasteiger partial charge in [0.1, 0.15) is 23.5 Å². The van der Waals surface area contributed by atoms with E-state index in [4.69, 9.17) is 4.74 Å². The van der Waals surface area contributed by atoms with Crippen LogP contribution in [0.1, 0.15) is 89.3 Å². The summed E-state index contributed by atoms with van der Waals surface area (Å²) < 4.78 is 20.3. The number of hydrogen-bond acceptors (Lipinski definition) is 4. The molecular formula is C32H42FN3O4. The van der Waals surface area contributed by atoms with Crippen LogP contribution in [0.5, 0.6) is 0 Å². The Hall–Kier alpha value is -3.42. The fraction of sp³-hybridized carbons (Fsp3) is 0.531. The molecule has 0 radical (unpaired) electrons. The van der Waals surface area contributed by atoms with E-state index in [1.54, 1.807) is 26.8 Å². The zero-order valence-electron chi connectivity index (χ0n) is 24.1. The van der Waals surface area contributed by atoms with Gasteiger partial charge in [0.25, 0.3) is 5.91 Å². The third-order valence-corrected chi connectivity index (χ3v) is 7.68. The zero-order chi connectivity index (χ0) is 28.9. The molecular weight excluding hydrogens is 509 g/mol. The average Bonchev–Trinajstić information content (AvgIpc) is 2.91. The second-order valence-corrected chi connectivity index (χ2v) is 12.0. The Bertz CT molecular complexity index is 1200. The van der Waals surface area contributed by atoms with Crippen molar-refractivity contribution < 1.29 is 23.5 Å². The van der Waals surface area contributed by atoms with Crippen LogP contribution in [-0.4, -0.2) is 47.0 Å². The van der Waals surface area contributed by atoms with Gasteiger partial charge in [0, 0.05) is 18.3 Å². The van der Waals surface area contributed by atoms with E-state index in [2.05, 4.69) is 5.32 Å². The highest BCUT2D eigenvalue weighted by Crippen LogP contribution is 2.34. The summed E-state index contributed by atoms with van der Waals surface area (Å²) >= 11 is 0. The van der Waals surface area contributed by atoms with Gasteiger partial charge in [-0.2, -0.15) is 0 Å². The molecule has 0 spiro atoms. The van der Waals surface area contributed by atoms with Crippen molar-refractivity contribution in [2.75, 3.05) is 11.4 Å². The number of carbonyl (C=O) groups is 3. The Morgan fingerprint density at radius 1 is 0.975 bits per heavy atom. The Labute approximate surface area is 237 Å². The molecule has 3 amide bonds. The molecule has 1 aliphatic heterocycles. The van der Waals surface area contributed by atoms with E-state index in [1.807, 2.05) is 31.2 Å². The Morgan fingerprint density at radius 2 is 1.68 bits per heavy atom. The van der Waals surface area contributed by atoms with Crippen LogP contribution in [0.4, 0.5) is 14.9 Å². The summed E-state index contributed by atoms with van der Waals surface area (Å²) in [5.74, 6) is -1.25. The van der Waals surface area contributed by atoms with Gasteiger partial charge in [-0.3, -0.25) is 19.4 Å². The van der Waals surface area contributed by atoms with Crippen molar-refractivity contribution in [1.82, 2.24) is 10.2 Å². The number of rotatable bonds is 6. The second-order valence-electron chi connectivity index (χ2n) is 12.0. The van der Waals surface area contributed by atoms with Gasteiger partial charge in [0.15, 0.2) is 0 Å². The van der Waals surface area contributed by atoms with Gasteiger partial charge >= 0.3 is 6.09 Å². The van der Waals surface area contributed by atoms with Crippen LogP contribution >= 0.6 is 0 Å². The third kappa shape index (κ3) is 7.20. The first-order valence-electron chi connectivity index (χ1n) is 14.5. The van der Waals surface area contributed by atoms with Crippen LogP contribution in [0.15, 0.2) is 48.5 Å². The number of piperidine rings is 1. The van der Waals surface area contributed by atoms with Crippen LogP contribution in [0.3, 0.4) is 0 Å². The summed E-state index contributed by atoms with van der Waals surface area (Å²) in [6.07, 6.45) is 6.34. The first-order chi connectivity index (χ1) is 19.0. The minimum atomic E-state index is -1.04. The van der Waals surface area contributed by atoms with Crippen LogP contribution < -0.4 is 10.2 Å². The number of nitrogens with one attached hydrogen (secondary N) is 1. The lowest BCUT2D eigenvalue weighted by molar-refractivity contribution is -0.130. The van der Waals surface area contributed by atoms with Crippen molar-refractivity contribution in [3.05, 3.63) is 65.5 Å². The number of amides is 3. The van der Waals surface area contributed by atoms with E-state index in [0.29, 0.717) is 18.5 Å². The smallest absolute Gasteiger partial charge is 0.410 e. The SMILES string of the molecule is Cc1ccccc1[C@H](C(=O)NC1CCCCC1)N(C(=O)[C@H]1CCCCN1C(=O)OC(C)(C)C)c1cccc(F)c1. The van der Waals surface area contributed by atoms with Gasteiger partial charge in [0.05, 0.1) is 0 Å². The zero-order valence-corrected chi connectivity index (χ0v) is 24.1. The molecule has 1 aliphatic carbocycles. The monoisotopic (exact) mass is 551 g/mol. The molecule has 1 heterocycles.